The third-order valence-corrected chi connectivity index (χ3v) is 2.84. The first-order valence-electron chi connectivity index (χ1n) is 5.76. The van der Waals surface area contributed by atoms with Crippen LogP contribution in [-0.2, 0) is 0 Å². The molecule has 3 aromatic rings. The summed E-state index contributed by atoms with van der Waals surface area (Å²) in [5.41, 5.74) is 7.34. The van der Waals surface area contributed by atoms with Crippen molar-refractivity contribution in [1.29, 1.82) is 0 Å². The molecule has 5 heteroatoms. The molecule has 2 N–H and O–H groups in total. The molecule has 0 atom stereocenters. The smallest absolute Gasteiger partial charge is 0.168 e. The molecular formula is C14H11FN4. The monoisotopic (exact) mass is 254 g/mol. The van der Waals surface area contributed by atoms with Gasteiger partial charge in [0.15, 0.2) is 5.82 Å². The van der Waals surface area contributed by atoms with Crippen molar-refractivity contribution < 1.29 is 4.39 Å². The van der Waals surface area contributed by atoms with E-state index in [-0.39, 0.29) is 5.69 Å². The Kier molecular flexibility index (Phi) is 2.72. The number of para-hydroxylation sites is 1. The number of hydrogen-bond acceptors (Lipinski definition) is 3. The second-order valence-corrected chi connectivity index (χ2v) is 4.10. The van der Waals surface area contributed by atoms with E-state index in [1.165, 1.54) is 6.07 Å². The van der Waals surface area contributed by atoms with Crippen LogP contribution in [0.25, 0.3) is 17.1 Å². The van der Waals surface area contributed by atoms with Gasteiger partial charge in [-0.1, -0.05) is 18.2 Å². The Morgan fingerprint density at radius 1 is 1.05 bits per heavy atom. The van der Waals surface area contributed by atoms with E-state index in [4.69, 9.17) is 5.73 Å². The van der Waals surface area contributed by atoms with Gasteiger partial charge in [0.1, 0.15) is 12.1 Å². The van der Waals surface area contributed by atoms with Crippen LogP contribution < -0.4 is 5.73 Å². The van der Waals surface area contributed by atoms with Crippen LogP contribution in [0.15, 0.2) is 54.9 Å². The summed E-state index contributed by atoms with van der Waals surface area (Å²) in [5, 5.41) is 7.97. The number of halogens is 1. The molecule has 2 aromatic carbocycles. The number of benzene rings is 2. The van der Waals surface area contributed by atoms with Crippen LogP contribution in [0.5, 0.6) is 0 Å². The van der Waals surface area contributed by atoms with E-state index in [0.29, 0.717) is 5.82 Å². The summed E-state index contributed by atoms with van der Waals surface area (Å²) < 4.78 is 15.0. The summed E-state index contributed by atoms with van der Waals surface area (Å²) in [5.74, 6) is 0.187. The SMILES string of the molecule is Nc1cc(-c2nncn2-c2ccccc2)ccc1F. The molecule has 1 heterocycles. The fourth-order valence-electron chi connectivity index (χ4n) is 1.89. The molecule has 0 saturated carbocycles. The van der Waals surface area contributed by atoms with Gasteiger partial charge in [-0.2, -0.15) is 0 Å². The van der Waals surface area contributed by atoms with Crippen molar-refractivity contribution in [2.75, 3.05) is 5.73 Å². The van der Waals surface area contributed by atoms with E-state index in [1.807, 2.05) is 34.9 Å². The average Bonchev–Trinajstić information content (AvgIpc) is 2.92. The van der Waals surface area contributed by atoms with E-state index in [0.717, 1.165) is 11.3 Å². The van der Waals surface area contributed by atoms with Crippen LogP contribution in [0.3, 0.4) is 0 Å². The van der Waals surface area contributed by atoms with Crippen LogP contribution in [0.2, 0.25) is 0 Å². The Bertz CT molecular complexity index is 706. The first kappa shape index (κ1) is 11.4. The lowest BCUT2D eigenvalue weighted by Crippen LogP contribution is -1.97. The van der Waals surface area contributed by atoms with Crippen molar-refractivity contribution in [1.82, 2.24) is 14.8 Å². The van der Waals surface area contributed by atoms with E-state index in [1.54, 1.807) is 18.5 Å². The number of nitrogens with zero attached hydrogens (tertiary/aromatic N) is 3. The third kappa shape index (κ3) is 2.06. The molecule has 0 fully saturated rings. The first-order valence-corrected chi connectivity index (χ1v) is 5.76. The average molecular weight is 254 g/mol. The summed E-state index contributed by atoms with van der Waals surface area (Å²) in [6.07, 6.45) is 1.62. The molecule has 0 amide bonds. The van der Waals surface area contributed by atoms with Crippen LogP contribution in [0.1, 0.15) is 0 Å². The lowest BCUT2D eigenvalue weighted by molar-refractivity contribution is 0.632. The van der Waals surface area contributed by atoms with Crippen LogP contribution >= 0.6 is 0 Å². The second kappa shape index (κ2) is 4.53. The highest BCUT2D eigenvalue weighted by Crippen LogP contribution is 2.23. The van der Waals surface area contributed by atoms with Crippen LogP contribution in [0, 0.1) is 5.82 Å². The molecule has 0 radical (unpaired) electrons. The first-order chi connectivity index (χ1) is 9.25. The Hall–Kier alpha value is -2.69. The quantitative estimate of drug-likeness (QED) is 0.715. The van der Waals surface area contributed by atoms with Gasteiger partial charge in [-0.15, -0.1) is 10.2 Å². The molecule has 0 bridgehead atoms. The van der Waals surface area contributed by atoms with Gasteiger partial charge in [-0.3, -0.25) is 4.57 Å². The minimum atomic E-state index is -0.436. The van der Waals surface area contributed by atoms with Crippen molar-refractivity contribution >= 4 is 5.69 Å². The zero-order valence-electron chi connectivity index (χ0n) is 9.99. The molecule has 3 rings (SSSR count). The zero-order chi connectivity index (χ0) is 13.2. The molecule has 0 spiro atoms. The molecule has 0 saturated heterocycles. The minimum Gasteiger partial charge on any atom is -0.396 e. The Morgan fingerprint density at radius 3 is 2.58 bits per heavy atom. The summed E-state index contributed by atoms with van der Waals surface area (Å²) >= 11 is 0. The topological polar surface area (TPSA) is 56.7 Å². The number of anilines is 1. The van der Waals surface area contributed by atoms with E-state index in [2.05, 4.69) is 10.2 Å². The molecule has 4 nitrogen and oxygen atoms in total. The van der Waals surface area contributed by atoms with Gasteiger partial charge in [0.2, 0.25) is 0 Å². The maximum Gasteiger partial charge on any atom is 0.168 e. The summed E-state index contributed by atoms with van der Waals surface area (Å²) in [7, 11) is 0. The predicted octanol–water partition coefficient (Wildman–Crippen LogP) is 2.66. The number of hydrogen-bond donors (Lipinski definition) is 1. The fourth-order valence-corrected chi connectivity index (χ4v) is 1.89. The highest BCUT2D eigenvalue weighted by molar-refractivity contribution is 5.63. The Morgan fingerprint density at radius 2 is 1.84 bits per heavy atom. The largest absolute Gasteiger partial charge is 0.396 e. The second-order valence-electron chi connectivity index (χ2n) is 4.10. The van der Waals surface area contributed by atoms with Crippen molar-refractivity contribution in [3.63, 3.8) is 0 Å². The molecular weight excluding hydrogens is 243 g/mol. The number of nitrogens with two attached hydrogens (primary N) is 1. The summed E-state index contributed by atoms with van der Waals surface area (Å²) in [6, 6.07) is 14.2. The molecule has 94 valence electrons. The van der Waals surface area contributed by atoms with E-state index < -0.39 is 5.82 Å². The maximum atomic E-state index is 13.2. The molecule has 0 aliphatic heterocycles. The Labute approximate surface area is 109 Å². The fraction of sp³-hybridized carbons (Fsp3) is 0. The number of rotatable bonds is 2. The van der Waals surface area contributed by atoms with Gasteiger partial charge in [0.05, 0.1) is 5.69 Å². The van der Waals surface area contributed by atoms with Gasteiger partial charge in [0, 0.05) is 11.3 Å². The molecule has 0 aliphatic rings. The van der Waals surface area contributed by atoms with Crippen molar-refractivity contribution in [3.05, 3.63) is 60.7 Å². The molecule has 0 unspecified atom stereocenters. The molecule has 0 aliphatic carbocycles. The highest BCUT2D eigenvalue weighted by atomic mass is 19.1. The van der Waals surface area contributed by atoms with Crippen molar-refractivity contribution in [3.8, 4) is 17.1 Å². The molecule has 1 aromatic heterocycles. The standard InChI is InChI=1S/C14H11FN4/c15-12-7-6-10(8-13(12)16)14-18-17-9-19(14)11-4-2-1-3-5-11/h1-9H,16H2. The zero-order valence-corrected chi connectivity index (χ0v) is 9.99. The minimum absolute atomic E-state index is 0.0973. The van der Waals surface area contributed by atoms with E-state index >= 15 is 0 Å². The summed E-state index contributed by atoms with van der Waals surface area (Å²) in [4.78, 5) is 0. The number of nitrogen functional groups attached to an aromatic ring is 1. The lowest BCUT2D eigenvalue weighted by atomic mass is 10.2. The van der Waals surface area contributed by atoms with Crippen LogP contribution in [-0.4, -0.2) is 14.8 Å². The number of aromatic nitrogens is 3. The van der Waals surface area contributed by atoms with Crippen LogP contribution in [0.4, 0.5) is 10.1 Å². The van der Waals surface area contributed by atoms with E-state index in [9.17, 15) is 4.39 Å². The third-order valence-electron chi connectivity index (χ3n) is 2.84. The van der Waals surface area contributed by atoms with Gasteiger partial charge in [0.25, 0.3) is 0 Å². The lowest BCUT2D eigenvalue weighted by Gasteiger charge is -2.07. The van der Waals surface area contributed by atoms with Crippen molar-refractivity contribution in [2.24, 2.45) is 0 Å². The van der Waals surface area contributed by atoms with Gasteiger partial charge < -0.3 is 5.73 Å². The van der Waals surface area contributed by atoms with Crippen molar-refractivity contribution in [2.45, 2.75) is 0 Å². The van der Waals surface area contributed by atoms with Gasteiger partial charge in [-0.25, -0.2) is 4.39 Å². The molecule has 19 heavy (non-hydrogen) atoms. The maximum absolute atomic E-state index is 13.2. The normalized spacial score (nSPS) is 10.6. The van der Waals surface area contributed by atoms with Gasteiger partial charge >= 0.3 is 0 Å². The summed E-state index contributed by atoms with van der Waals surface area (Å²) in [6.45, 7) is 0. The predicted molar refractivity (Wildman–Crippen MR) is 71.2 cm³/mol. The Balaban J connectivity index is 2.12. The highest BCUT2D eigenvalue weighted by Gasteiger charge is 2.10. The van der Waals surface area contributed by atoms with Gasteiger partial charge in [-0.05, 0) is 30.3 Å².